The van der Waals surface area contributed by atoms with Crippen molar-refractivity contribution < 1.29 is 39.2 Å². The lowest BCUT2D eigenvalue weighted by Gasteiger charge is -2.31. The minimum absolute atomic E-state index is 0.290. The van der Waals surface area contributed by atoms with Crippen LogP contribution in [0.1, 0.15) is 32.1 Å². The van der Waals surface area contributed by atoms with E-state index in [-0.39, 0.29) is 12.8 Å². The lowest BCUT2D eigenvalue weighted by Crippen LogP contribution is -2.38. The number of hydrogen-bond acceptors (Lipinski definition) is 5. The van der Waals surface area contributed by atoms with Gasteiger partial charge in [-0.05, 0) is 12.8 Å². The molecule has 0 saturated carbocycles. The molecule has 8 heteroatoms. The van der Waals surface area contributed by atoms with E-state index in [4.69, 9.17) is 20.1 Å². The molecule has 0 atom stereocenters. The van der Waals surface area contributed by atoms with Crippen LogP contribution in [0.3, 0.4) is 0 Å². The Morgan fingerprint density at radius 1 is 0.950 bits per heavy atom. The van der Waals surface area contributed by atoms with E-state index >= 15 is 0 Å². The van der Waals surface area contributed by atoms with Crippen molar-refractivity contribution in [2.75, 3.05) is 0 Å². The Morgan fingerprint density at radius 3 is 1.70 bits per heavy atom. The summed E-state index contributed by atoms with van der Waals surface area (Å²) in [5.74, 6) is -4.66. The van der Waals surface area contributed by atoms with Crippen molar-refractivity contribution in [3.8, 4) is 0 Å². The standard InChI is InChI=1S/C12H16O8/c1-2-11(19)20-12(7-10(17)18,5-3-8(13)14)6-4-9(15)16/h2H,1,3-7H2,(H,13,14)(H,15,16)(H,17,18). The van der Waals surface area contributed by atoms with Gasteiger partial charge in [-0.2, -0.15) is 0 Å². The van der Waals surface area contributed by atoms with E-state index < -0.39 is 48.7 Å². The molecule has 0 aliphatic heterocycles. The van der Waals surface area contributed by atoms with Crippen molar-refractivity contribution in [2.45, 2.75) is 37.7 Å². The van der Waals surface area contributed by atoms with Gasteiger partial charge in [-0.1, -0.05) is 6.58 Å². The van der Waals surface area contributed by atoms with Crippen molar-refractivity contribution in [3.05, 3.63) is 12.7 Å². The highest BCUT2D eigenvalue weighted by Crippen LogP contribution is 2.29. The van der Waals surface area contributed by atoms with E-state index in [1.807, 2.05) is 0 Å². The zero-order valence-corrected chi connectivity index (χ0v) is 10.7. The summed E-state index contributed by atoms with van der Waals surface area (Å²) in [5, 5.41) is 26.2. The summed E-state index contributed by atoms with van der Waals surface area (Å²) in [6.45, 7) is 3.16. The Labute approximate surface area is 114 Å². The summed E-state index contributed by atoms with van der Waals surface area (Å²) < 4.78 is 4.93. The summed E-state index contributed by atoms with van der Waals surface area (Å²) in [4.78, 5) is 43.3. The summed E-state index contributed by atoms with van der Waals surface area (Å²) in [6, 6.07) is 0. The molecular weight excluding hydrogens is 272 g/mol. The number of ether oxygens (including phenoxy) is 1. The smallest absolute Gasteiger partial charge is 0.330 e. The minimum atomic E-state index is -1.67. The van der Waals surface area contributed by atoms with E-state index in [0.717, 1.165) is 6.08 Å². The molecule has 112 valence electrons. The second-order valence-electron chi connectivity index (χ2n) is 4.17. The van der Waals surface area contributed by atoms with Gasteiger partial charge in [0.2, 0.25) is 0 Å². The summed E-state index contributed by atoms with van der Waals surface area (Å²) in [7, 11) is 0. The molecular formula is C12H16O8. The summed E-state index contributed by atoms with van der Waals surface area (Å²) in [6.07, 6.45) is -1.34. The molecule has 0 heterocycles. The van der Waals surface area contributed by atoms with Gasteiger partial charge in [0, 0.05) is 18.9 Å². The number of rotatable bonds is 10. The second-order valence-corrected chi connectivity index (χ2v) is 4.17. The van der Waals surface area contributed by atoms with Gasteiger partial charge in [0.25, 0.3) is 0 Å². The second kappa shape index (κ2) is 7.93. The van der Waals surface area contributed by atoms with Gasteiger partial charge in [-0.3, -0.25) is 14.4 Å². The number of esters is 1. The first-order chi connectivity index (χ1) is 9.20. The predicted octanol–water partition coefficient (Wildman–Crippen LogP) is 0.659. The molecule has 0 bridgehead atoms. The first-order valence-electron chi connectivity index (χ1n) is 5.71. The normalized spacial score (nSPS) is 10.6. The molecule has 0 spiro atoms. The molecule has 0 aromatic heterocycles. The third-order valence-electron chi connectivity index (χ3n) is 2.55. The maximum Gasteiger partial charge on any atom is 0.330 e. The Bertz CT molecular complexity index is 394. The first-order valence-corrected chi connectivity index (χ1v) is 5.71. The van der Waals surface area contributed by atoms with E-state index in [1.54, 1.807) is 0 Å². The monoisotopic (exact) mass is 288 g/mol. The number of carbonyl (C=O) groups excluding carboxylic acids is 1. The molecule has 0 aliphatic carbocycles. The van der Waals surface area contributed by atoms with E-state index in [1.165, 1.54) is 0 Å². The summed E-state index contributed by atoms with van der Waals surface area (Å²) in [5.41, 5.74) is -1.67. The minimum Gasteiger partial charge on any atom is -0.481 e. The molecule has 0 aliphatic rings. The first kappa shape index (κ1) is 17.6. The van der Waals surface area contributed by atoms with E-state index in [0.29, 0.717) is 0 Å². The predicted molar refractivity (Wildman–Crippen MR) is 65.0 cm³/mol. The molecule has 0 aromatic carbocycles. The van der Waals surface area contributed by atoms with E-state index in [9.17, 15) is 19.2 Å². The molecule has 0 radical (unpaired) electrons. The molecule has 0 saturated heterocycles. The molecule has 0 aromatic rings. The van der Waals surface area contributed by atoms with Gasteiger partial charge in [-0.15, -0.1) is 0 Å². The van der Waals surface area contributed by atoms with Crippen LogP contribution in [0.2, 0.25) is 0 Å². The Hall–Kier alpha value is -2.38. The molecule has 8 nitrogen and oxygen atoms in total. The molecule has 0 amide bonds. The lowest BCUT2D eigenvalue weighted by atomic mass is 9.88. The van der Waals surface area contributed by atoms with Crippen LogP contribution in [0, 0.1) is 0 Å². The fraction of sp³-hybridized carbons (Fsp3) is 0.500. The van der Waals surface area contributed by atoms with E-state index in [2.05, 4.69) is 6.58 Å². The van der Waals surface area contributed by atoms with Crippen LogP contribution in [0.5, 0.6) is 0 Å². The highest BCUT2D eigenvalue weighted by molar-refractivity contribution is 5.82. The Balaban J connectivity index is 5.17. The number of hydrogen-bond donors (Lipinski definition) is 3. The van der Waals surface area contributed by atoms with Crippen molar-refractivity contribution in [1.82, 2.24) is 0 Å². The Kier molecular flexibility index (Phi) is 6.98. The van der Waals surface area contributed by atoms with Crippen molar-refractivity contribution in [3.63, 3.8) is 0 Å². The van der Waals surface area contributed by atoms with Crippen molar-refractivity contribution >= 4 is 23.9 Å². The largest absolute Gasteiger partial charge is 0.481 e. The van der Waals surface area contributed by atoms with Gasteiger partial charge < -0.3 is 20.1 Å². The topological polar surface area (TPSA) is 138 Å². The molecule has 0 rings (SSSR count). The maximum atomic E-state index is 11.3. The van der Waals surface area contributed by atoms with Crippen molar-refractivity contribution in [2.24, 2.45) is 0 Å². The zero-order valence-electron chi connectivity index (χ0n) is 10.7. The molecule has 0 fully saturated rings. The zero-order chi connectivity index (χ0) is 15.8. The molecule has 20 heavy (non-hydrogen) atoms. The van der Waals surface area contributed by atoms with Crippen LogP contribution < -0.4 is 0 Å². The summed E-state index contributed by atoms with van der Waals surface area (Å²) >= 11 is 0. The molecule has 3 N–H and O–H groups in total. The van der Waals surface area contributed by atoms with Gasteiger partial charge in [0.15, 0.2) is 0 Å². The van der Waals surface area contributed by atoms with Crippen LogP contribution >= 0.6 is 0 Å². The third-order valence-corrected chi connectivity index (χ3v) is 2.55. The number of aliphatic carboxylic acids is 3. The fourth-order valence-electron chi connectivity index (χ4n) is 1.64. The highest BCUT2D eigenvalue weighted by Gasteiger charge is 2.37. The van der Waals surface area contributed by atoms with Crippen LogP contribution in [0.25, 0.3) is 0 Å². The Morgan fingerprint density at radius 2 is 1.40 bits per heavy atom. The maximum absolute atomic E-state index is 11.3. The van der Waals surface area contributed by atoms with Crippen LogP contribution in [0.15, 0.2) is 12.7 Å². The highest BCUT2D eigenvalue weighted by atomic mass is 16.6. The third kappa shape index (κ3) is 7.14. The molecule has 0 unspecified atom stereocenters. The van der Waals surface area contributed by atoms with Crippen LogP contribution in [0.4, 0.5) is 0 Å². The van der Waals surface area contributed by atoms with Gasteiger partial charge >= 0.3 is 23.9 Å². The SMILES string of the molecule is C=CC(=O)OC(CCC(=O)O)(CCC(=O)O)CC(=O)O. The average Bonchev–Trinajstić information content (AvgIpc) is 2.33. The van der Waals surface area contributed by atoms with Crippen LogP contribution in [-0.2, 0) is 23.9 Å². The number of carboxylic acid groups (broad SMARTS) is 3. The van der Waals surface area contributed by atoms with Crippen LogP contribution in [-0.4, -0.2) is 44.8 Å². The average molecular weight is 288 g/mol. The van der Waals surface area contributed by atoms with Crippen molar-refractivity contribution in [1.29, 1.82) is 0 Å². The van der Waals surface area contributed by atoms with Gasteiger partial charge in [0.1, 0.15) is 5.60 Å². The number of carbonyl (C=O) groups is 4. The van der Waals surface area contributed by atoms with Gasteiger partial charge in [0.05, 0.1) is 6.42 Å². The lowest BCUT2D eigenvalue weighted by molar-refractivity contribution is -0.165. The van der Waals surface area contributed by atoms with Gasteiger partial charge in [-0.25, -0.2) is 4.79 Å². The quantitative estimate of drug-likeness (QED) is 0.393. The number of carboxylic acids is 3. The fourth-order valence-corrected chi connectivity index (χ4v) is 1.64.